The maximum absolute atomic E-state index is 12.0. The first kappa shape index (κ1) is 18.0. The number of carbonyl (C=O) groups is 1. The highest BCUT2D eigenvalue weighted by atomic mass is 79.9. The Morgan fingerprint density at radius 2 is 1.96 bits per heavy atom. The Labute approximate surface area is 163 Å². The van der Waals surface area contributed by atoms with E-state index in [9.17, 15) is 4.79 Å². The molecule has 1 amide bonds. The number of benzene rings is 2. The van der Waals surface area contributed by atoms with Crippen molar-refractivity contribution in [2.75, 3.05) is 5.75 Å². The van der Waals surface area contributed by atoms with Crippen LogP contribution in [0, 0.1) is 0 Å². The van der Waals surface area contributed by atoms with Crippen LogP contribution in [0.5, 0.6) is 0 Å². The smallest absolute Gasteiger partial charge is 0.256 e. The van der Waals surface area contributed by atoms with Crippen molar-refractivity contribution in [2.24, 2.45) is 0 Å². The number of halogens is 2. The average Bonchev–Trinajstić information content (AvgIpc) is 3.09. The molecular formula is C18H14BrClN2O2S. The predicted molar refractivity (Wildman–Crippen MR) is 104 cm³/mol. The van der Waals surface area contributed by atoms with Gasteiger partial charge in [-0.15, -0.1) is 0 Å². The van der Waals surface area contributed by atoms with Crippen LogP contribution in [0.2, 0.25) is 5.02 Å². The highest BCUT2D eigenvalue weighted by molar-refractivity contribution is 9.10. The minimum Gasteiger partial charge on any atom is -0.431 e. The molecule has 0 aliphatic rings. The van der Waals surface area contributed by atoms with Crippen molar-refractivity contribution in [1.29, 1.82) is 0 Å². The van der Waals surface area contributed by atoms with Gasteiger partial charge in [-0.05, 0) is 23.8 Å². The summed E-state index contributed by atoms with van der Waals surface area (Å²) in [6.45, 7) is 0.398. The van der Waals surface area contributed by atoms with Crippen LogP contribution in [0.15, 0.2) is 68.8 Å². The molecule has 2 aromatic carbocycles. The molecule has 3 aromatic rings. The van der Waals surface area contributed by atoms with E-state index in [0.717, 1.165) is 15.6 Å². The van der Waals surface area contributed by atoms with Crippen LogP contribution in [-0.4, -0.2) is 16.6 Å². The van der Waals surface area contributed by atoms with E-state index in [4.69, 9.17) is 16.0 Å². The van der Waals surface area contributed by atoms with Crippen LogP contribution in [-0.2, 0) is 11.3 Å². The van der Waals surface area contributed by atoms with Gasteiger partial charge in [0.15, 0.2) is 5.76 Å². The Hall–Kier alpha value is -1.76. The van der Waals surface area contributed by atoms with Gasteiger partial charge in [-0.2, -0.15) is 0 Å². The lowest BCUT2D eigenvalue weighted by Gasteiger charge is -2.05. The predicted octanol–water partition coefficient (Wildman–Crippen LogP) is 5.17. The molecule has 0 spiro atoms. The molecule has 1 heterocycles. The van der Waals surface area contributed by atoms with Crippen LogP contribution in [0.3, 0.4) is 0 Å². The summed E-state index contributed by atoms with van der Waals surface area (Å²) >= 11 is 10.7. The first-order valence-electron chi connectivity index (χ1n) is 7.46. The molecule has 1 aromatic heterocycles. The Morgan fingerprint density at radius 1 is 1.20 bits per heavy atom. The first-order chi connectivity index (χ1) is 12.1. The SMILES string of the molecule is O=C(CSc1ncc(-c2ccc(Br)cc2)o1)NCc1ccccc1Cl. The maximum atomic E-state index is 12.0. The average molecular weight is 438 g/mol. The number of amides is 1. The lowest BCUT2D eigenvalue weighted by molar-refractivity contribution is -0.118. The summed E-state index contributed by atoms with van der Waals surface area (Å²) < 4.78 is 6.68. The van der Waals surface area contributed by atoms with Crippen molar-refractivity contribution in [3.8, 4) is 11.3 Å². The lowest BCUT2D eigenvalue weighted by atomic mass is 10.2. The number of hydrogen-bond donors (Lipinski definition) is 1. The second-order valence-corrected chi connectivity index (χ2v) is 7.40. The van der Waals surface area contributed by atoms with E-state index >= 15 is 0 Å². The van der Waals surface area contributed by atoms with Crippen LogP contribution < -0.4 is 5.32 Å². The van der Waals surface area contributed by atoms with E-state index < -0.39 is 0 Å². The van der Waals surface area contributed by atoms with Gasteiger partial charge < -0.3 is 9.73 Å². The van der Waals surface area contributed by atoms with Crippen molar-refractivity contribution in [1.82, 2.24) is 10.3 Å². The highest BCUT2D eigenvalue weighted by Crippen LogP contribution is 2.26. The van der Waals surface area contributed by atoms with Gasteiger partial charge in [0.2, 0.25) is 5.91 Å². The molecule has 0 bridgehead atoms. The molecule has 0 saturated heterocycles. The fraction of sp³-hybridized carbons (Fsp3) is 0.111. The van der Waals surface area contributed by atoms with E-state index in [1.807, 2.05) is 42.5 Å². The molecule has 0 saturated carbocycles. The van der Waals surface area contributed by atoms with Gasteiger partial charge >= 0.3 is 0 Å². The Kier molecular flexibility index (Phi) is 6.18. The van der Waals surface area contributed by atoms with Crippen LogP contribution in [0.1, 0.15) is 5.56 Å². The Morgan fingerprint density at radius 3 is 2.72 bits per heavy atom. The standard InChI is InChI=1S/C18H14BrClN2O2S/c19-14-7-5-12(6-8-14)16-10-22-18(24-16)25-11-17(23)21-9-13-3-1-2-4-15(13)20/h1-8,10H,9,11H2,(H,21,23). The van der Waals surface area contributed by atoms with Crippen molar-refractivity contribution < 1.29 is 9.21 Å². The van der Waals surface area contributed by atoms with Crippen LogP contribution >= 0.6 is 39.3 Å². The van der Waals surface area contributed by atoms with E-state index in [1.165, 1.54) is 11.8 Å². The van der Waals surface area contributed by atoms with Crippen molar-refractivity contribution in [3.63, 3.8) is 0 Å². The summed E-state index contributed by atoms with van der Waals surface area (Å²) in [6.07, 6.45) is 1.66. The highest BCUT2D eigenvalue weighted by Gasteiger charge is 2.10. The van der Waals surface area contributed by atoms with E-state index in [1.54, 1.807) is 12.3 Å². The summed E-state index contributed by atoms with van der Waals surface area (Å²) in [6, 6.07) is 15.2. The van der Waals surface area contributed by atoms with Gasteiger partial charge in [0, 0.05) is 21.6 Å². The zero-order chi connectivity index (χ0) is 17.6. The number of aromatic nitrogens is 1. The second-order valence-electron chi connectivity index (χ2n) is 5.15. The molecule has 0 aliphatic carbocycles. The third-order valence-corrected chi connectivity index (χ3v) is 5.11. The molecule has 7 heteroatoms. The van der Waals surface area contributed by atoms with E-state index in [-0.39, 0.29) is 11.7 Å². The van der Waals surface area contributed by atoms with Gasteiger partial charge in [-0.25, -0.2) is 4.98 Å². The molecule has 3 rings (SSSR count). The molecule has 1 N–H and O–H groups in total. The van der Waals surface area contributed by atoms with Crippen molar-refractivity contribution >= 4 is 45.2 Å². The summed E-state index contributed by atoms with van der Waals surface area (Å²) in [4.78, 5) is 16.2. The summed E-state index contributed by atoms with van der Waals surface area (Å²) in [5.41, 5.74) is 1.82. The van der Waals surface area contributed by atoms with Crippen molar-refractivity contribution in [2.45, 2.75) is 11.8 Å². The monoisotopic (exact) mass is 436 g/mol. The molecule has 0 aliphatic heterocycles. The number of rotatable bonds is 6. The fourth-order valence-corrected chi connectivity index (χ4v) is 3.19. The molecule has 0 unspecified atom stereocenters. The normalized spacial score (nSPS) is 10.6. The molecule has 0 fully saturated rings. The third kappa shape index (κ3) is 5.11. The molecule has 0 radical (unpaired) electrons. The van der Waals surface area contributed by atoms with Gasteiger partial charge in [0.05, 0.1) is 11.9 Å². The first-order valence-corrected chi connectivity index (χ1v) is 9.62. The molecule has 25 heavy (non-hydrogen) atoms. The summed E-state index contributed by atoms with van der Waals surface area (Å²) in [5.74, 6) is 0.796. The molecule has 4 nitrogen and oxygen atoms in total. The van der Waals surface area contributed by atoms with Gasteiger partial charge in [0.1, 0.15) is 0 Å². The fourth-order valence-electron chi connectivity index (χ4n) is 2.09. The lowest BCUT2D eigenvalue weighted by Crippen LogP contribution is -2.24. The van der Waals surface area contributed by atoms with Gasteiger partial charge in [-0.3, -0.25) is 4.79 Å². The number of carbonyl (C=O) groups excluding carboxylic acids is 1. The van der Waals surface area contributed by atoms with Crippen LogP contribution in [0.25, 0.3) is 11.3 Å². The number of oxazole rings is 1. The summed E-state index contributed by atoms with van der Waals surface area (Å²) in [7, 11) is 0. The number of nitrogens with zero attached hydrogens (tertiary/aromatic N) is 1. The van der Waals surface area contributed by atoms with Gasteiger partial charge in [-0.1, -0.05) is 69.6 Å². The zero-order valence-electron chi connectivity index (χ0n) is 13.0. The maximum Gasteiger partial charge on any atom is 0.256 e. The Balaban J connectivity index is 1.51. The number of thioether (sulfide) groups is 1. The van der Waals surface area contributed by atoms with E-state index in [2.05, 4.69) is 26.2 Å². The van der Waals surface area contributed by atoms with E-state index in [0.29, 0.717) is 22.6 Å². The minimum absolute atomic E-state index is 0.103. The quantitative estimate of drug-likeness (QED) is 0.541. The molecule has 0 atom stereocenters. The van der Waals surface area contributed by atoms with Gasteiger partial charge in [0.25, 0.3) is 5.22 Å². The molecule has 128 valence electrons. The topological polar surface area (TPSA) is 55.1 Å². The minimum atomic E-state index is -0.103. The second kappa shape index (κ2) is 8.56. The van der Waals surface area contributed by atoms with Crippen LogP contribution in [0.4, 0.5) is 0 Å². The number of nitrogens with one attached hydrogen (secondary N) is 1. The number of hydrogen-bond acceptors (Lipinski definition) is 4. The third-order valence-electron chi connectivity index (χ3n) is 3.37. The Bertz CT molecular complexity index is 868. The zero-order valence-corrected chi connectivity index (χ0v) is 16.2. The largest absolute Gasteiger partial charge is 0.431 e. The van der Waals surface area contributed by atoms with Crippen molar-refractivity contribution in [3.05, 3.63) is 69.8 Å². The molecular weight excluding hydrogens is 424 g/mol. The summed E-state index contributed by atoms with van der Waals surface area (Å²) in [5, 5.41) is 3.94.